The van der Waals surface area contributed by atoms with Gasteiger partial charge in [0.15, 0.2) is 17.3 Å². The van der Waals surface area contributed by atoms with E-state index in [-0.39, 0.29) is 5.41 Å². The largest absolute Gasteiger partial charge is 0.456 e. The van der Waals surface area contributed by atoms with Crippen LogP contribution in [0.2, 0.25) is 0 Å². The van der Waals surface area contributed by atoms with E-state index in [4.69, 9.17) is 4.42 Å². The van der Waals surface area contributed by atoms with Gasteiger partial charge in [-0.3, -0.25) is 0 Å². The van der Waals surface area contributed by atoms with Crippen molar-refractivity contribution in [3.05, 3.63) is 155 Å². The van der Waals surface area contributed by atoms with Gasteiger partial charge in [-0.1, -0.05) is 72.8 Å². The van der Waals surface area contributed by atoms with Crippen LogP contribution in [0.15, 0.2) is 120 Å². The highest BCUT2D eigenvalue weighted by molar-refractivity contribution is 6.19. The van der Waals surface area contributed by atoms with E-state index in [0.29, 0.717) is 0 Å². The molecule has 7 aromatic rings. The maximum absolute atomic E-state index is 6.91. The van der Waals surface area contributed by atoms with Gasteiger partial charge < -0.3 is 4.42 Å². The molecule has 0 fully saturated rings. The van der Waals surface area contributed by atoms with Gasteiger partial charge in [-0.2, -0.15) is 0 Å². The van der Waals surface area contributed by atoms with E-state index < -0.39 is 5.41 Å². The Morgan fingerprint density at radius 3 is 2.09 bits per heavy atom. The Morgan fingerprint density at radius 1 is 0.591 bits per heavy atom. The minimum atomic E-state index is -0.546. The van der Waals surface area contributed by atoms with E-state index in [9.17, 15) is 0 Å². The Morgan fingerprint density at radius 2 is 1.30 bits per heavy atom. The van der Waals surface area contributed by atoms with Crippen LogP contribution in [0.5, 0.6) is 0 Å². The summed E-state index contributed by atoms with van der Waals surface area (Å²) in [4.78, 5) is 0. The van der Waals surface area contributed by atoms with Gasteiger partial charge in [0.1, 0.15) is 25.3 Å². The first-order valence-electron chi connectivity index (χ1n) is 15.5. The lowest BCUT2D eigenvalue weighted by atomic mass is 9.72. The molecule has 0 saturated heterocycles. The van der Waals surface area contributed by atoms with Crippen molar-refractivity contribution >= 4 is 32.7 Å². The number of furan rings is 1. The summed E-state index contributed by atoms with van der Waals surface area (Å²) in [6, 6.07) is 39.5. The Balaban J connectivity index is 1.59. The number of hydrogen-bond acceptors (Lipinski definition) is 1. The summed E-state index contributed by atoms with van der Waals surface area (Å²) in [5, 5.41) is 4.77. The Hall–Kier alpha value is -4.76. The van der Waals surface area contributed by atoms with E-state index in [1.807, 2.05) is 0 Å². The Bertz CT molecular complexity index is 2220. The standard InChI is InChI=1S/C41H40N2O/c1-27-15-8-11-18-32(27)40(3,4)34-20-14-21-36(43(34)7)41(5,35-19-12-13-26-42(35)6)38-28(2)22-24-31-37-30-17-10-9-16-29(30)23-25-33(37)44-39(31)38/h8-26H,1-7H3/q+2. The van der Waals surface area contributed by atoms with Crippen LogP contribution in [0, 0.1) is 13.8 Å². The first-order valence-corrected chi connectivity index (χ1v) is 15.5. The summed E-state index contributed by atoms with van der Waals surface area (Å²) in [6.45, 7) is 11.5. The molecule has 0 aliphatic carbocycles. The summed E-state index contributed by atoms with van der Waals surface area (Å²) < 4.78 is 11.6. The van der Waals surface area contributed by atoms with Crippen LogP contribution < -0.4 is 9.13 Å². The average Bonchev–Trinajstić information content (AvgIpc) is 3.40. The molecule has 0 bridgehead atoms. The maximum atomic E-state index is 6.91. The number of fused-ring (bicyclic) bond motifs is 5. The van der Waals surface area contributed by atoms with E-state index in [0.717, 1.165) is 16.6 Å². The number of aryl methyl sites for hydroxylation is 3. The van der Waals surface area contributed by atoms with Crippen molar-refractivity contribution in [1.82, 2.24) is 0 Å². The second kappa shape index (κ2) is 10.2. The number of aromatic nitrogens is 2. The fourth-order valence-corrected chi connectivity index (χ4v) is 7.89. The Kier molecular flexibility index (Phi) is 6.48. The van der Waals surface area contributed by atoms with Crippen LogP contribution in [0.1, 0.15) is 60.1 Å². The molecule has 44 heavy (non-hydrogen) atoms. The fraction of sp³-hybridized carbons (Fsp3) is 0.220. The molecule has 3 heterocycles. The van der Waals surface area contributed by atoms with Crippen molar-refractivity contribution in [2.45, 2.75) is 45.4 Å². The van der Waals surface area contributed by atoms with Crippen LogP contribution in [0.3, 0.4) is 0 Å². The van der Waals surface area contributed by atoms with Crippen LogP contribution >= 0.6 is 0 Å². The van der Waals surface area contributed by atoms with Crippen LogP contribution in [-0.4, -0.2) is 0 Å². The van der Waals surface area contributed by atoms with E-state index in [1.54, 1.807) is 0 Å². The van der Waals surface area contributed by atoms with Gasteiger partial charge >= 0.3 is 0 Å². The lowest BCUT2D eigenvalue weighted by molar-refractivity contribution is -0.702. The second-order valence-electron chi connectivity index (χ2n) is 13.0. The summed E-state index contributed by atoms with van der Waals surface area (Å²) in [5.41, 5.74) is 9.81. The molecule has 3 heteroatoms. The monoisotopic (exact) mass is 576 g/mol. The van der Waals surface area contributed by atoms with Gasteiger partial charge in [-0.05, 0) is 74.2 Å². The number of pyridine rings is 2. The van der Waals surface area contributed by atoms with E-state index in [1.165, 1.54) is 55.5 Å². The molecule has 0 amide bonds. The zero-order valence-corrected chi connectivity index (χ0v) is 26.8. The second-order valence-corrected chi connectivity index (χ2v) is 13.0. The maximum Gasteiger partial charge on any atom is 0.202 e. The zero-order chi connectivity index (χ0) is 30.8. The van der Waals surface area contributed by atoms with Crippen molar-refractivity contribution in [1.29, 1.82) is 0 Å². The highest BCUT2D eigenvalue weighted by atomic mass is 16.3. The third-order valence-electron chi connectivity index (χ3n) is 10.0. The minimum Gasteiger partial charge on any atom is -0.456 e. The van der Waals surface area contributed by atoms with Gasteiger partial charge in [0, 0.05) is 40.6 Å². The highest BCUT2D eigenvalue weighted by Crippen LogP contribution is 2.45. The topological polar surface area (TPSA) is 20.9 Å². The fourth-order valence-electron chi connectivity index (χ4n) is 7.89. The summed E-state index contributed by atoms with van der Waals surface area (Å²) >= 11 is 0. The molecule has 0 radical (unpaired) electrons. The normalized spacial score (nSPS) is 13.5. The molecule has 4 aromatic carbocycles. The van der Waals surface area contributed by atoms with Crippen LogP contribution in [0.4, 0.5) is 0 Å². The predicted octanol–water partition coefficient (Wildman–Crippen LogP) is 8.69. The molecule has 1 unspecified atom stereocenters. The molecule has 3 nitrogen and oxygen atoms in total. The Labute approximate surface area is 260 Å². The van der Waals surface area contributed by atoms with E-state index in [2.05, 4.69) is 173 Å². The molecule has 0 spiro atoms. The molecule has 0 saturated carbocycles. The molecule has 7 rings (SSSR count). The SMILES string of the molecule is Cc1ccccc1C(C)(C)c1cccc(C(C)(c2c(C)ccc3c2oc2ccc4ccccc4c23)c2cccc[n+]2C)[n+]1C. The molecule has 218 valence electrons. The van der Waals surface area contributed by atoms with Gasteiger partial charge in [0.25, 0.3) is 0 Å². The third-order valence-corrected chi connectivity index (χ3v) is 10.0. The minimum absolute atomic E-state index is 0.213. The molecule has 3 aromatic heterocycles. The predicted molar refractivity (Wildman–Crippen MR) is 180 cm³/mol. The van der Waals surface area contributed by atoms with Gasteiger partial charge in [0.2, 0.25) is 11.4 Å². The van der Waals surface area contributed by atoms with Gasteiger partial charge in [-0.25, -0.2) is 9.13 Å². The van der Waals surface area contributed by atoms with Crippen molar-refractivity contribution in [3.63, 3.8) is 0 Å². The average molecular weight is 577 g/mol. The summed E-state index contributed by atoms with van der Waals surface area (Å²) in [7, 11) is 4.38. The molecule has 0 aliphatic heterocycles. The molecule has 0 N–H and O–H groups in total. The van der Waals surface area contributed by atoms with E-state index >= 15 is 0 Å². The van der Waals surface area contributed by atoms with Crippen LogP contribution in [0.25, 0.3) is 32.7 Å². The number of rotatable bonds is 5. The van der Waals surface area contributed by atoms with Crippen LogP contribution in [-0.2, 0) is 24.9 Å². The molecular formula is C41H40N2O+2. The zero-order valence-electron chi connectivity index (χ0n) is 26.8. The van der Waals surface area contributed by atoms with Gasteiger partial charge in [0.05, 0.1) is 5.41 Å². The lowest BCUT2D eigenvalue weighted by Crippen LogP contribution is -2.53. The number of hydrogen-bond donors (Lipinski definition) is 0. The molecule has 0 aliphatic rings. The quantitative estimate of drug-likeness (QED) is 0.188. The summed E-state index contributed by atoms with van der Waals surface area (Å²) in [5.74, 6) is 0. The van der Waals surface area contributed by atoms with Crippen molar-refractivity contribution in [3.8, 4) is 0 Å². The van der Waals surface area contributed by atoms with Gasteiger partial charge in [-0.15, -0.1) is 0 Å². The molecule has 1 atom stereocenters. The highest BCUT2D eigenvalue weighted by Gasteiger charge is 2.48. The lowest BCUT2D eigenvalue weighted by Gasteiger charge is -2.30. The van der Waals surface area contributed by atoms with Crippen molar-refractivity contribution in [2.24, 2.45) is 14.1 Å². The summed E-state index contributed by atoms with van der Waals surface area (Å²) in [6.07, 6.45) is 2.15. The number of benzene rings is 4. The first kappa shape index (κ1) is 28.0. The van der Waals surface area contributed by atoms with Crippen molar-refractivity contribution < 1.29 is 13.6 Å². The molecular weight excluding hydrogens is 536 g/mol. The first-order chi connectivity index (χ1) is 21.1. The number of nitrogens with zero attached hydrogens (tertiary/aromatic N) is 2. The smallest absolute Gasteiger partial charge is 0.202 e. The van der Waals surface area contributed by atoms with Crippen molar-refractivity contribution in [2.75, 3.05) is 0 Å². The third kappa shape index (κ3) is 4.02.